The molecule has 0 unspecified atom stereocenters. The Labute approximate surface area is 301 Å². The summed E-state index contributed by atoms with van der Waals surface area (Å²) in [5, 5.41) is 10.3. The molecule has 10 rings (SSSR count). The summed E-state index contributed by atoms with van der Waals surface area (Å²) < 4.78 is 0. The second kappa shape index (κ2) is 12.4. The predicted octanol–water partition coefficient (Wildman–Crippen LogP) is 12.8. The van der Waals surface area contributed by atoms with E-state index < -0.39 is 0 Å². The second-order valence-electron chi connectivity index (χ2n) is 13.2. The molecule has 0 saturated heterocycles. The highest BCUT2D eigenvalue weighted by Gasteiger charge is 2.14. The van der Waals surface area contributed by atoms with Crippen LogP contribution >= 0.6 is 0 Å². The number of hydrogen-bond acceptors (Lipinski definition) is 3. The van der Waals surface area contributed by atoms with Gasteiger partial charge in [0.2, 0.25) is 0 Å². The second-order valence-corrected chi connectivity index (χ2v) is 13.2. The Bertz CT molecular complexity index is 2860. The minimum atomic E-state index is 0.646. The van der Waals surface area contributed by atoms with Crippen LogP contribution in [0.1, 0.15) is 0 Å². The SMILES string of the molecule is c1ccc(-c2nc(-c3ccccc3)nc(-c3cccc(-c4cccc(-c5ccc6c(ccc7c8ccccc8c8ccccc8c67)c5)c4)c3)n2)cc1. The summed E-state index contributed by atoms with van der Waals surface area (Å²) in [7, 11) is 0. The summed E-state index contributed by atoms with van der Waals surface area (Å²) in [6.07, 6.45) is 0. The summed E-state index contributed by atoms with van der Waals surface area (Å²) >= 11 is 0. The average Bonchev–Trinajstić information content (AvgIpc) is 3.24. The first-order valence-electron chi connectivity index (χ1n) is 17.6. The molecule has 0 amide bonds. The molecule has 242 valence electrons. The lowest BCUT2D eigenvalue weighted by molar-refractivity contribution is 1.07. The van der Waals surface area contributed by atoms with Gasteiger partial charge in [-0.1, -0.05) is 170 Å². The molecule has 0 aliphatic rings. The van der Waals surface area contributed by atoms with Crippen LogP contribution in [0.3, 0.4) is 0 Å². The summed E-state index contributed by atoms with van der Waals surface area (Å²) in [5.41, 5.74) is 7.45. The van der Waals surface area contributed by atoms with Gasteiger partial charge in [0, 0.05) is 16.7 Å². The van der Waals surface area contributed by atoms with E-state index in [9.17, 15) is 0 Å². The Kier molecular flexibility index (Phi) is 7.14. The van der Waals surface area contributed by atoms with Gasteiger partial charge in [0.15, 0.2) is 17.5 Å². The highest BCUT2D eigenvalue weighted by Crippen LogP contribution is 2.40. The summed E-state index contributed by atoms with van der Waals surface area (Å²) in [5.74, 6) is 1.96. The standard InChI is InChI=1S/C49H31N3/c1-3-13-32(14-4-1)47-50-48(33-15-5-2-6-16-33)52-49(51-47)39-20-12-19-36(31-39)34-17-11-18-35(29-34)37-25-27-40-38(30-37)26-28-45-43-23-8-7-21-41(43)42-22-9-10-24-44(42)46(40)45/h1-31H. The van der Waals surface area contributed by atoms with Crippen LogP contribution < -0.4 is 0 Å². The van der Waals surface area contributed by atoms with Crippen LogP contribution in [0.5, 0.6) is 0 Å². The van der Waals surface area contributed by atoms with E-state index >= 15 is 0 Å². The van der Waals surface area contributed by atoms with Gasteiger partial charge < -0.3 is 0 Å². The van der Waals surface area contributed by atoms with E-state index in [2.05, 4.69) is 127 Å². The van der Waals surface area contributed by atoms with Crippen molar-refractivity contribution in [3.05, 3.63) is 188 Å². The van der Waals surface area contributed by atoms with Gasteiger partial charge in [-0.15, -0.1) is 0 Å². The van der Waals surface area contributed by atoms with Crippen molar-refractivity contribution in [3.63, 3.8) is 0 Å². The Morgan fingerprint density at radius 1 is 0.231 bits per heavy atom. The monoisotopic (exact) mass is 661 g/mol. The van der Waals surface area contributed by atoms with Crippen LogP contribution in [-0.2, 0) is 0 Å². The highest BCUT2D eigenvalue weighted by molar-refractivity contribution is 6.31. The Morgan fingerprint density at radius 3 is 1.19 bits per heavy atom. The topological polar surface area (TPSA) is 38.7 Å². The van der Waals surface area contributed by atoms with Gasteiger partial charge in [0.1, 0.15) is 0 Å². The van der Waals surface area contributed by atoms with E-state index in [-0.39, 0.29) is 0 Å². The van der Waals surface area contributed by atoms with Crippen molar-refractivity contribution < 1.29 is 0 Å². The number of rotatable bonds is 5. The molecule has 0 radical (unpaired) electrons. The van der Waals surface area contributed by atoms with Gasteiger partial charge in [-0.2, -0.15) is 0 Å². The first kappa shape index (κ1) is 29.9. The lowest BCUT2D eigenvalue weighted by atomic mass is 9.90. The molecular weight excluding hydrogens is 631 g/mol. The van der Waals surface area contributed by atoms with Gasteiger partial charge in [0.25, 0.3) is 0 Å². The van der Waals surface area contributed by atoms with E-state index in [0.29, 0.717) is 17.5 Å². The molecule has 0 bridgehead atoms. The molecule has 9 aromatic carbocycles. The lowest BCUT2D eigenvalue weighted by Gasteiger charge is -2.14. The van der Waals surface area contributed by atoms with Gasteiger partial charge in [-0.3, -0.25) is 0 Å². The molecule has 3 nitrogen and oxygen atoms in total. The molecule has 0 aliphatic carbocycles. The molecule has 0 spiro atoms. The minimum absolute atomic E-state index is 0.646. The van der Waals surface area contributed by atoms with E-state index in [1.54, 1.807) is 0 Å². The Balaban J connectivity index is 1.06. The molecule has 0 N–H and O–H groups in total. The highest BCUT2D eigenvalue weighted by atomic mass is 15.0. The van der Waals surface area contributed by atoms with Crippen molar-refractivity contribution in [2.24, 2.45) is 0 Å². The van der Waals surface area contributed by atoms with Crippen LogP contribution in [-0.4, -0.2) is 15.0 Å². The lowest BCUT2D eigenvalue weighted by Crippen LogP contribution is -2.00. The van der Waals surface area contributed by atoms with Crippen molar-refractivity contribution in [2.75, 3.05) is 0 Å². The molecule has 0 aliphatic heterocycles. The largest absolute Gasteiger partial charge is 0.208 e. The number of benzene rings is 9. The minimum Gasteiger partial charge on any atom is -0.208 e. The quantitative estimate of drug-likeness (QED) is 0.172. The fourth-order valence-electron chi connectivity index (χ4n) is 7.57. The van der Waals surface area contributed by atoms with Crippen molar-refractivity contribution in [1.82, 2.24) is 15.0 Å². The molecular formula is C49H31N3. The fraction of sp³-hybridized carbons (Fsp3) is 0. The van der Waals surface area contributed by atoms with E-state index in [4.69, 9.17) is 15.0 Å². The van der Waals surface area contributed by atoms with Crippen molar-refractivity contribution in [1.29, 1.82) is 0 Å². The van der Waals surface area contributed by atoms with Gasteiger partial charge in [-0.05, 0) is 83.5 Å². The maximum absolute atomic E-state index is 4.96. The van der Waals surface area contributed by atoms with E-state index in [0.717, 1.165) is 27.8 Å². The van der Waals surface area contributed by atoms with Gasteiger partial charge >= 0.3 is 0 Å². The first-order valence-corrected chi connectivity index (χ1v) is 17.6. The van der Waals surface area contributed by atoms with E-state index in [1.807, 2.05) is 60.7 Å². The number of aromatic nitrogens is 3. The summed E-state index contributed by atoms with van der Waals surface area (Å²) in [6.45, 7) is 0. The first-order chi connectivity index (χ1) is 25.8. The third-order valence-corrected chi connectivity index (χ3v) is 10.1. The summed E-state index contributed by atoms with van der Waals surface area (Å²) in [4.78, 5) is 14.8. The van der Waals surface area contributed by atoms with Gasteiger partial charge in [0.05, 0.1) is 0 Å². The fourth-order valence-corrected chi connectivity index (χ4v) is 7.57. The van der Waals surface area contributed by atoms with Crippen molar-refractivity contribution >= 4 is 43.1 Å². The summed E-state index contributed by atoms with van der Waals surface area (Å²) in [6, 6.07) is 66.5. The van der Waals surface area contributed by atoms with Crippen LogP contribution in [0.2, 0.25) is 0 Å². The number of fused-ring (bicyclic) bond motifs is 8. The van der Waals surface area contributed by atoms with Crippen molar-refractivity contribution in [3.8, 4) is 56.4 Å². The normalized spacial score (nSPS) is 11.5. The molecule has 1 heterocycles. The zero-order valence-corrected chi connectivity index (χ0v) is 28.2. The Hall–Kier alpha value is -6.97. The molecule has 1 aromatic heterocycles. The molecule has 10 aromatic rings. The zero-order chi connectivity index (χ0) is 34.4. The average molecular weight is 662 g/mol. The van der Waals surface area contributed by atoms with Crippen LogP contribution in [0.4, 0.5) is 0 Å². The maximum Gasteiger partial charge on any atom is 0.164 e. The maximum atomic E-state index is 4.96. The van der Waals surface area contributed by atoms with E-state index in [1.165, 1.54) is 54.2 Å². The van der Waals surface area contributed by atoms with Gasteiger partial charge in [-0.25, -0.2) is 15.0 Å². The molecule has 3 heteroatoms. The van der Waals surface area contributed by atoms with Crippen LogP contribution in [0.25, 0.3) is 99.5 Å². The predicted molar refractivity (Wildman–Crippen MR) is 217 cm³/mol. The third-order valence-electron chi connectivity index (χ3n) is 10.1. The smallest absolute Gasteiger partial charge is 0.164 e. The van der Waals surface area contributed by atoms with Crippen LogP contribution in [0, 0.1) is 0 Å². The number of hydrogen-bond donors (Lipinski definition) is 0. The van der Waals surface area contributed by atoms with Crippen LogP contribution in [0.15, 0.2) is 188 Å². The number of nitrogens with zero attached hydrogens (tertiary/aromatic N) is 3. The zero-order valence-electron chi connectivity index (χ0n) is 28.2. The Morgan fingerprint density at radius 2 is 0.615 bits per heavy atom. The third kappa shape index (κ3) is 5.19. The molecule has 52 heavy (non-hydrogen) atoms. The van der Waals surface area contributed by atoms with Crippen molar-refractivity contribution in [2.45, 2.75) is 0 Å². The molecule has 0 atom stereocenters. The molecule has 0 fully saturated rings. The molecule has 0 saturated carbocycles.